The van der Waals surface area contributed by atoms with E-state index < -0.39 is 0 Å². The van der Waals surface area contributed by atoms with Gasteiger partial charge in [0, 0.05) is 28.7 Å². The number of hydrogen-bond donors (Lipinski definition) is 1. The summed E-state index contributed by atoms with van der Waals surface area (Å²) in [5.41, 5.74) is 14.7. The van der Waals surface area contributed by atoms with Crippen molar-refractivity contribution in [3.05, 3.63) is 149 Å². The molecule has 3 aliphatic rings. The Morgan fingerprint density at radius 2 is 1.23 bits per heavy atom. The lowest BCUT2D eigenvalue weighted by molar-refractivity contribution is 0.513. The van der Waals surface area contributed by atoms with Gasteiger partial charge in [0.15, 0.2) is 0 Å². The maximum atomic E-state index is 6.21. The molecule has 0 saturated heterocycles. The van der Waals surface area contributed by atoms with Crippen molar-refractivity contribution in [3.63, 3.8) is 0 Å². The Labute approximate surface area is 233 Å². The number of nitrogens with one attached hydrogen (secondary N) is 1. The highest BCUT2D eigenvalue weighted by Crippen LogP contribution is 2.62. The fraction of sp³-hybridized carbons (Fsp3) is 0.105. The van der Waals surface area contributed by atoms with Gasteiger partial charge in [-0.1, -0.05) is 97.9 Å². The lowest BCUT2D eigenvalue weighted by Crippen LogP contribution is -2.25. The van der Waals surface area contributed by atoms with Crippen molar-refractivity contribution in [1.82, 2.24) is 0 Å². The van der Waals surface area contributed by atoms with Crippen LogP contribution >= 0.6 is 0 Å². The second kappa shape index (κ2) is 7.86. The van der Waals surface area contributed by atoms with Crippen LogP contribution in [-0.2, 0) is 11.8 Å². The zero-order valence-electron chi connectivity index (χ0n) is 22.2. The van der Waals surface area contributed by atoms with Gasteiger partial charge in [0.2, 0.25) is 0 Å². The molecule has 40 heavy (non-hydrogen) atoms. The summed E-state index contributed by atoms with van der Waals surface area (Å²) >= 11 is 0. The number of anilines is 2. The first-order chi connectivity index (χ1) is 19.7. The molecule has 1 unspecified atom stereocenters. The predicted octanol–water partition coefficient (Wildman–Crippen LogP) is 9.73. The Bertz CT molecular complexity index is 1980. The van der Waals surface area contributed by atoms with Crippen molar-refractivity contribution in [2.45, 2.75) is 18.8 Å². The fourth-order valence-electron chi connectivity index (χ4n) is 7.54. The third-order valence-corrected chi connectivity index (χ3v) is 9.19. The van der Waals surface area contributed by atoms with Crippen LogP contribution in [0.3, 0.4) is 0 Å². The number of rotatable bonds is 2. The van der Waals surface area contributed by atoms with Crippen molar-refractivity contribution in [2.75, 3.05) is 5.32 Å². The van der Waals surface area contributed by atoms with Crippen LogP contribution in [0, 0.1) is 5.92 Å². The number of allylic oxidation sites excluding steroid dienone is 1. The maximum absolute atomic E-state index is 6.21. The molecule has 6 aromatic rings. The van der Waals surface area contributed by atoms with Gasteiger partial charge in [-0.15, -0.1) is 0 Å². The Hall–Kier alpha value is -4.82. The van der Waals surface area contributed by atoms with E-state index in [0.29, 0.717) is 5.92 Å². The van der Waals surface area contributed by atoms with Crippen molar-refractivity contribution in [3.8, 4) is 22.3 Å². The molecule has 0 fully saturated rings. The topological polar surface area (TPSA) is 25.2 Å². The molecule has 2 nitrogen and oxygen atoms in total. The highest BCUT2D eigenvalue weighted by molar-refractivity contribution is 5.96. The molecule has 1 heterocycles. The molecular weight excluding hydrogens is 486 g/mol. The number of hydrogen-bond acceptors (Lipinski definition) is 2. The van der Waals surface area contributed by atoms with Crippen LogP contribution in [0.4, 0.5) is 11.4 Å². The van der Waals surface area contributed by atoms with Gasteiger partial charge in [0.05, 0.1) is 5.41 Å². The highest BCUT2D eigenvalue weighted by Gasteiger charge is 2.51. The van der Waals surface area contributed by atoms with E-state index in [2.05, 4.69) is 134 Å². The molecule has 1 spiro atoms. The fourth-order valence-corrected chi connectivity index (χ4v) is 7.54. The molecule has 0 bridgehead atoms. The van der Waals surface area contributed by atoms with Crippen molar-refractivity contribution in [2.24, 2.45) is 5.92 Å². The average Bonchev–Trinajstić information content (AvgIpc) is 3.60. The van der Waals surface area contributed by atoms with Gasteiger partial charge in [-0.25, -0.2) is 0 Å². The van der Waals surface area contributed by atoms with Gasteiger partial charge in [-0.3, -0.25) is 0 Å². The standard InChI is InChI=1S/C38H27NO/c1-23-14-17-30-31-21-24(16-19-36(31)40-37(30)20-23)39-25-15-18-29-28-10-4-7-13-34(28)38(35(29)22-25)32-11-5-2-8-26(32)27-9-3-6-12-33(27)38/h2-19,21-23,39H,20H2,1H3. The number of fused-ring (bicyclic) bond motifs is 13. The number of furan rings is 1. The molecule has 0 aliphatic heterocycles. The van der Waals surface area contributed by atoms with E-state index in [4.69, 9.17) is 4.42 Å². The van der Waals surface area contributed by atoms with E-state index in [1.54, 1.807) is 0 Å². The van der Waals surface area contributed by atoms with E-state index in [0.717, 1.165) is 29.1 Å². The summed E-state index contributed by atoms with van der Waals surface area (Å²) in [6, 6.07) is 40.2. The minimum Gasteiger partial charge on any atom is -0.460 e. The first-order valence-electron chi connectivity index (χ1n) is 14.2. The molecular formula is C38H27NO. The summed E-state index contributed by atoms with van der Waals surface area (Å²) in [5.74, 6) is 1.61. The highest BCUT2D eigenvalue weighted by atomic mass is 16.3. The second-order valence-electron chi connectivity index (χ2n) is 11.5. The summed E-state index contributed by atoms with van der Waals surface area (Å²) in [6.07, 6.45) is 5.47. The van der Waals surface area contributed by atoms with E-state index in [1.807, 2.05) is 0 Å². The molecule has 0 amide bonds. The van der Waals surface area contributed by atoms with E-state index in [1.165, 1.54) is 55.5 Å². The quantitative estimate of drug-likeness (QED) is 0.249. The molecule has 9 rings (SSSR count). The first kappa shape index (κ1) is 22.0. The van der Waals surface area contributed by atoms with Gasteiger partial charge in [0.25, 0.3) is 0 Å². The Morgan fingerprint density at radius 1 is 0.650 bits per heavy atom. The second-order valence-corrected chi connectivity index (χ2v) is 11.5. The minimum absolute atomic E-state index is 0.328. The van der Waals surface area contributed by atoms with E-state index in [9.17, 15) is 0 Å². The third kappa shape index (κ3) is 2.78. The average molecular weight is 514 g/mol. The molecule has 0 saturated carbocycles. The zero-order valence-corrected chi connectivity index (χ0v) is 22.2. The van der Waals surface area contributed by atoms with Crippen LogP contribution in [-0.4, -0.2) is 0 Å². The lowest BCUT2D eigenvalue weighted by Gasteiger charge is -2.30. The third-order valence-electron chi connectivity index (χ3n) is 9.19. The Morgan fingerprint density at radius 3 is 1.90 bits per heavy atom. The molecule has 190 valence electrons. The minimum atomic E-state index is -0.328. The Balaban J connectivity index is 1.23. The van der Waals surface area contributed by atoms with E-state index >= 15 is 0 Å². The van der Waals surface area contributed by atoms with Gasteiger partial charge in [0.1, 0.15) is 11.3 Å². The smallest absolute Gasteiger partial charge is 0.135 e. The monoisotopic (exact) mass is 513 g/mol. The molecule has 1 aromatic heterocycles. The van der Waals surface area contributed by atoms with Crippen LogP contribution in [0.25, 0.3) is 39.3 Å². The van der Waals surface area contributed by atoms with Gasteiger partial charge in [-0.05, 0) is 80.8 Å². The zero-order chi connectivity index (χ0) is 26.4. The molecule has 1 atom stereocenters. The van der Waals surface area contributed by atoms with Crippen molar-refractivity contribution < 1.29 is 4.42 Å². The normalized spacial score (nSPS) is 16.9. The maximum Gasteiger partial charge on any atom is 0.135 e. The van der Waals surface area contributed by atoms with Gasteiger partial charge < -0.3 is 9.73 Å². The largest absolute Gasteiger partial charge is 0.460 e. The first-order valence-corrected chi connectivity index (χ1v) is 14.2. The van der Waals surface area contributed by atoms with Crippen LogP contribution < -0.4 is 5.32 Å². The predicted molar refractivity (Wildman–Crippen MR) is 164 cm³/mol. The number of benzene rings is 5. The van der Waals surface area contributed by atoms with Crippen LogP contribution in [0.1, 0.15) is 40.5 Å². The van der Waals surface area contributed by atoms with Gasteiger partial charge in [-0.2, -0.15) is 0 Å². The molecule has 5 aromatic carbocycles. The summed E-state index contributed by atoms with van der Waals surface area (Å²) < 4.78 is 6.21. The van der Waals surface area contributed by atoms with Crippen molar-refractivity contribution >= 4 is 28.4 Å². The SMILES string of the molecule is CC1C=Cc2c(oc3ccc(Nc4ccc5c(c4)C4(c6ccccc6-c6ccccc64)c4ccccc4-5)cc23)C1. The summed E-state index contributed by atoms with van der Waals surface area (Å²) in [4.78, 5) is 0. The summed E-state index contributed by atoms with van der Waals surface area (Å²) in [7, 11) is 0. The molecule has 3 aliphatic carbocycles. The lowest BCUT2D eigenvalue weighted by atomic mass is 9.70. The van der Waals surface area contributed by atoms with E-state index in [-0.39, 0.29) is 5.41 Å². The molecule has 1 N–H and O–H groups in total. The molecule has 2 heteroatoms. The van der Waals surface area contributed by atoms with Crippen LogP contribution in [0.15, 0.2) is 120 Å². The van der Waals surface area contributed by atoms with Gasteiger partial charge >= 0.3 is 0 Å². The molecule has 0 radical (unpaired) electrons. The Kier molecular flexibility index (Phi) is 4.33. The summed E-state index contributed by atoms with van der Waals surface area (Å²) in [6.45, 7) is 2.24. The summed E-state index contributed by atoms with van der Waals surface area (Å²) in [5, 5.41) is 4.92. The van der Waals surface area contributed by atoms with Crippen LogP contribution in [0.2, 0.25) is 0 Å². The van der Waals surface area contributed by atoms with Crippen molar-refractivity contribution in [1.29, 1.82) is 0 Å². The van der Waals surface area contributed by atoms with Crippen LogP contribution in [0.5, 0.6) is 0 Å².